The molecule has 1 aliphatic rings. The third-order valence-electron chi connectivity index (χ3n) is 4.10. The second-order valence-corrected chi connectivity index (χ2v) is 5.65. The monoisotopic (exact) mass is 277 g/mol. The molecule has 0 unspecified atom stereocenters. The molecule has 0 saturated heterocycles. The summed E-state index contributed by atoms with van der Waals surface area (Å²) in [6.07, 6.45) is 8.23. The van der Waals surface area contributed by atoms with Crippen molar-refractivity contribution in [2.45, 2.75) is 52.1 Å². The lowest BCUT2D eigenvalue weighted by molar-refractivity contribution is 0.267. The van der Waals surface area contributed by atoms with Crippen molar-refractivity contribution in [1.29, 1.82) is 0 Å². The molecule has 1 fully saturated rings. The number of hydrogen-bond acceptors (Lipinski definition) is 3. The molecule has 0 spiro atoms. The molecule has 0 bridgehead atoms. The van der Waals surface area contributed by atoms with Gasteiger partial charge in [-0.25, -0.2) is 0 Å². The second-order valence-electron chi connectivity index (χ2n) is 5.65. The predicted molar refractivity (Wildman–Crippen MR) is 83.2 cm³/mol. The van der Waals surface area contributed by atoms with Crippen LogP contribution >= 0.6 is 0 Å². The van der Waals surface area contributed by atoms with E-state index >= 15 is 0 Å². The van der Waals surface area contributed by atoms with Crippen molar-refractivity contribution in [3.8, 4) is 5.75 Å². The van der Waals surface area contributed by atoms with E-state index in [9.17, 15) is 5.11 Å². The van der Waals surface area contributed by atoms with Crippen LogP contribution in [0.2, 0.25) is 0 Å². The summed E-state index contributed by atoms with van der Waals surface area (Å²) in [5.41, 5.74) is 1.94. The van der Waals surface area contributed by atoms with Crippen LogP contribution < -0.4 is 10.1 Å². The Morgan fingerprint density at radius 2 is 1.95 bits per heavy atom. The quantitative estimate of drug-likeness (QED) is 0.773. The van der Waals surface area contributed by atoms with E-state index in [0.29, 0.717) is 6.61 Å². The standard InChI is InChI=1S/C17H27NO2/c1-2-20-17-10-9-16(11-15(17)13-19)18-12-14-7-5-3-4-6-8-14/h9-11,14,18-19H,2-8,12-13H2,1H3. The van der Waals surface area contributed by atoms with Gasteiger partial charge in [0, 0.05) is 17.8 Å². The van der Waals surface area contributed by atoms with Crippen LogP contribution in [-0.4, -0.2) is 18.3 Å². The van der Waals surface area contributed by atoms with Crippen LogP contribution in [0.5, 0.6) is 5.75 Å². The van der Waals surface area contributed by atoms with Gasteiger partial charge in [0.15, 0.2) is 0 Å². The molecular formula is C17H27NO2. The van der Waals surface area contributed by atoms with Crippen LogP contribution in [0, 0.1) is 5.92 Å². The smallest absolute Gasteiger partial charge is 0.124 e. The maximum Gasteiger partial charge on any atom is 0.124 e. The van der Waals surface area contributed by atoms with E-state index in [2.05, 4.69) is 5.32 Å². The zero-order chi connectivity index (χ0) is 14.2. The second kappa shape index (κ2) is 8.15. The summed E-state index contributed by atoms with van der Waals surface area (Å²) in [5, 5.41) is 12.9. The first kappa shape index (κ1) is 15.2. The van der Waals surface area contributed by atoms with Crippen LogP contribution in [0.1, 0.15) is 51.0 Å². The van der Waals surface area contributed by atoms with Crippen molar-refractivity contribution in [1.82, 2.24) is 0 Å². The predicted octanol–water partition coefficient (Wildman–Crippen LogP) is 3.96. The number of nitrogens with one attached hydrogen (secondary N) is 1. The molecule has 0 aliphatic heterocycles. The Kier molecular flexibility index (Phi) is 6.19. The molecule has 1 saturated carbocycles. The molecule has 3 heteroatoms. The van der Waals surface area contributed by atoms with Gasteiger partial charge in [0.05, 0.1) is 13.2 Å². The average Bonchev–Trinajstić information content (AvgIpc) is 2.75. The van der Waals surface area contributed by atoms with Gasteiger partial charge in [0.2, 0.25) is 0 Å². The van der Waals surface area contributed by atoms with Crippen LogP contribution in [-0.2, 0) is 6.61 Å². The van der Waals surface area contributed by atoms with Crippen LogP contribution in [0.15, 0.2) is 18.2 Å². The number of hydrogen-bond donors (Lipinski definition) is 2. The topological polar surface area (TPSA) is 41.5 Å². The first-order chi connectivity index (χ1) is 9.83. The molecule has 0 amide bonds. The fraction of sp³-hybridized carbons (Fsp3) is 0.647. The van der Waals surface area contributed by atoms with Crippen molar-refractivity contribution >= 4 is 5.69 Å². The van der Waals surface area contributed by atoms with Gasteiger partial charge in [-0.1, -0.05) is 25.7 Å². The van der Waals surface area contributed by atoms with Gasteiger partial charge in [0.1, 0.15) is 5.75 Å². The molecule has 112 valence electrons. The molecule has 0 heterocycles. The summed E-state index contributed by atoms with van der Waals surface area (Å²) >= 11 is 0. The molecule has 20 heavy (non-hydrogen) atoms. The van der Waals surface area contributed by atoms with Gasteiger partial charge in [-0.15, -0.1) is 0 Å². The lowest BCUT2D eigenvalue weighted by atomic mass is 10.0. The number of ether oxygens (including phenoxy) is 1. The summed E-state index contributed by atoms with van der Waals surface area (Å²) in [7, 11) is 0. The molecule has 2 rings (SSSR count). The minimum absolute atomic E-state index is 0.0221. The zero-order valence-corrected chi connectivity index (χ0v) is 12.5. The van der Waals surface area contributed by atoms with E-state index in [4.69, 9.17) is 4.74 Å². The Hall–Kier alpha value is -1.22. The molecule has 0 atom stereocenters. The van der Waals surface area contributed by atoms with E-state index in [1.165, 1.54) is 38.5 Å². The highest BCUT2D eigenvalue weighted by molar-refractivity contribution is 5.51. The molecule has 1 aromatic rings. The van der Waals surface area contributed by atoms with E-state index < -0.39 is 0 Å². The number of anilines is 1. The van der Waals surface area contributed by atoms with Crippen molar-refractivity contribution < 1.29 is 9.84 Å². The van der Waals surface area contributed by atoms with Crippen LogP contribution in [0.4, 0.5) is 5.69 Å². The molecule has 3 nitrogen and oxygen atoms in total. The average molecular weight is 277 g/mol. The minimum Gasteiger partial charge on any atom is -0.494 e. The van der Waals surface area contributed by atoms with Crippen molar-refractivity contribution in [3.05, 3.63) is 23.8 Å². The highest BCUT2D eigenvalue weighted by Crippen LogP contribution is 2.26. The summed E-state index contributed by atoms with van der Waals surface area (Å²) in [6, 6.07) is 5.99. The Morgan fingerprint density at radius 1 is 1.20 bits per heavy atom. The molecule has 2 N–H and O–H groups in total. The number of rotatable bonds is 6. The fourth-order valence-electron chi connectivity index (χ4n) is 2.94. The Morgan fingerprint density at radius 3 is 2.60 bits per heavy atom. The highest BCUT2D eigenvalue weighted by atomic mass is 16.5. The maximum absolute atomic E-state index is 9.42. The molecule has 0 aromatic heterocycles. The Balaban J connectivity index is 1.91. The van der Waals surface area contributed by atoms with Crippen LogP contribution in [0.25, 0.3) is 0 Å². The lowest BCUT2D eigenvalue weighted by Gasteiger charge is -2.17. The zero-order valence-electron chi connectivity index (χ0n) is 12.5. The summed E-state index contributed by atoms with van der Waals surface area (Å²) in [6.45, 7) is 3.65. The maximum atomic E-state index is 9.42. The number of benzene rings is 1. The van der Waals surface area contributed by atoms with E-state index in [1.54, 1.807) is 0 Å². The van der Waals surface area contributed by atoms with Gasteiger partial charge in [-0.3, -0.25) is 0 Å². The third kappa shape index (κ3) is 4.41. The Labute approximate surface area is 122 Å². The summed E-state index contributed by atoms with van der Waals surface area (Å²) in [4.78, 5) is 0. The van der Waals surface area contributed by atoms with Gasteiger partial charge >= 0.3 is 0 Å². The van der Waals surface area contributed by atoms with Crippen molar-refractivity contribution in [2.24, 2.45) is 5.92 Å². The Bertz CT molecular complexity index is 398. The van der Waals surface area contributed by atoms with Crippen molar-refractivity contribution in [3.63, 3.8) is 0 Å². The van der Waals surface area contributed by atoms with Gasteiger partial charge in [0.25, 0.3) is 0 Å². The third-order valence-corrected chi connectivity index (χ3v) is 4.10. The van der Waals surface area contributed by atoms with E-state index in [0.717, 1.165) is 29.5 Å². The largest absolute Gasteiger partial charge is 0.494 e. The van der Waals surface area contributed by atoms with Crippen molar-refractivity contribution in [2.75, 3.05) is 18.5 Å². The van der Waals surface area contributed by atoms with Gasteiger partial charge < -0.3 is 15.2 Å². The highest BCUT2D eigenvalue weighted by Gasteiger charge is 2.12. The van der Waals surface area contributed by atoms with Gasteiger partial charge in [-0.05, 0) is 43.9 Å². The summed E-state index contributed by atoms with van der Waals surface area (Å²) in [5.74, 6) is 1.58. The molecule has 1 aliphatic carbocycles. The fourth-order valence-corrected chi connectivity index (χ4v) is 2.94. The van der Waals surface area contributed by atoms with E-state index in [1.807, 2.05) is 25.1 Å². The molecule has 1 aromatic carbocycles. The first-order valence-electron chi connectivity index (χ1n) is 7.94. The molecule has 0 radical (unpaired) electrons. The molecular weight excluding hydrogens is 250 g/mol. The number of aliphatic hydroxyl groups is 1. The summed E-state index contributed by atoms with van der Waals surface area (Å²) < 4.78 is 5.51. The number of aliphatic hydroxyl groups excluding tert-OH is 1. The normalized spacial score (nSPS) is 16.7. The first-order valence-corrected chi connectivity index (χ1v) is 7.94. The van der Waals surface area contributed by atoms with E-state index in [-0.39, 0.29) is 6.61 Å². The lowest BCUT2D eigenvalue weighted by Crippen LogP contribution is -2.13. The van der Waals surface area contributed by atoms with Gasteiger partial charge in [-0.2, -0.15) is 0 Å². The SMILES string of the molecule is CCOc1ccc(NCC2CCCCCC2)cc1CO. The minimum atomic E-state index is 0.0221. The van der Waals surface area contributed by atoms with Crippen LogP contribution in [0.3, 0.4) is 0 Å².